The first-order valence-electron chi connectivity index (χ1n) is 8.47. The minimum atomic E-state index is -0.288. The van der Waals surface area contributed by atoms with Crippen LogP contribution in [0.4, 0.5) is 17.3 Å². The summed E-state index contributed by atoms with van der Waals surface area (Å²) in [5.74, 6) is 0.766. The second-order valence-corrected chi connectivity index (χ2v) is 6.10. The largest absolute Gasteiger partial charge is 0.377 e. The number of carbonyl (C=O) groups excluding carboxylic acids is 1. The first-order chi connectivity index (χ1) is 13.1. The Morgan fingerprint density at radius 3 is 2.81 bits per heavy atom. The van der Waals surface area contributed by atoms with Gasteiger partial charge in [0.1, 0.15) is 22.9 Å². The summed E-state index contributed by atoms with van der Waals surface area (Å²) in [4.78, 5) is 29.3. The summed E-state index contributed by atoms with van der Waals surface area (Å²) in [6.45, 7) is 1.06. The summed E-state index contributed by atoms with van der Waals surface area (Å²) in [5.41, 5.74) is 0.963. The molecule has 1 fully saturated rings. The van der Waals surface area contributed by atoms with E-state index >= 15 is 0 Å². The van der Waals surface area contributed by atoms with Gasteiger partial charge in [0.2, 0.25) is 0 Å². The molecule has 1 aliphatic rings. The minimum Gasteiger partial charge on any atom is -0.377 e. The van der Waals surface area contributed by atoms with E-state index in [0.29, 0.717) is 41.7 Å². The predicted octanol–water partition coefficient (Wildman–Crippen LogP) is 0.607. The third-order valence-corrected chi connectivity index (χ3v) is 4.45. The van der Waals surface area contributed by atoms with E-state index in [-0.39, 0.29) is 17.5 Å². The Bertz CT molecular complexity index is 1070. The number of nitrogens with zero attached hydrogens (tertiary/aromatic N) is 4. The number of hydrogen-bond donors (Lipinski definition) is 3. The van der Waals surface area contributed by atoms with Crippen LogP contribution in [0.3, 0.4) is 0 Å². The highest BCUT2D eigenvalue weighted by molar-refractivity contribution is 5.99. The van der Waals surface area contributed by atoms with Crippen LogP contribution in [0.1, 0.15) is 16.4 Å². The monoisotopic (exact) mass is 369 g/mol. The maximum absolute atomic E-state index is 12.7. The van der Waals surface area contributed by atoms with Gasteiger partial charge in [0, 0.05) is 26.4 Å². The van der Waals surface area contributed by atoms with Gasteiger partial charge < -0.3 is 25.3 Å². The lowest BCUT2D eigenvalue weighted by Gasteiger charge is -2.28. The zero-order chi connectivity index (χ0) is 19.0. The van der Waals surface area contributed by atoms with Crippen molar-refractivity contribution in [3.8, 4) is 0 Å². The number of ether oxygens (including phenoxy) is 1. The van der Waals surface area contributed by atoms with Crippen LogP contribution in [0.2, 0.25) is 0 Å². The lowest BCUT2D eigenvalue weighted by atomic mass is 10.2. The summed E-state index contributed by atoms with van der Waals surface area (Å²) in [6.07, 6.45) is 3.20. The van der Waals surface area contributed by atoms with Gasteiger partial charge in [-0.15, -0.1) is 0 Å². The Hall–Kier alpha value is -3.40. The average Bonchev–Trinajstić information content (AvgIpc) is 3.06. The third kappa shape index (κ3) is 2.89. The molecule has 0 aliphatic carbocycles. The summed E-state index contributed by atoms with van der Waals surface area (Å²) in [7, 11) is 3.29. The summed E-state index contributed by atoms with van der Waals surface area (Å²) in [6, 6.07) is 5.27. The third-order valence-electron chi connectivity index (χ3n) is 4.45. The second-order valence-electron chi connectivity index (χ2n) is 6.10. The molecule has 0 bridgehead atoms. The number of carbonyl (C=O) groups is 1. The van der Waals surface area contributed by atoms with Crippen LogP contribution in [-0.2, 0) is 4.74 Å². The molecule has 0 aromatic carbocycles. The van der Waals surface area contributed by atoms with Gasteiger partial charge in [0.25, 0.3) is 11.5 Å². The van der Waals surface area contributed by atoms with Crippen LogP contribution in [0.15, 0.2) is 35.4 Å². The van der Waals surface area contributed by atoms with Crippen molar-refractivity contribution in [1.82, 2.24) is 24.5 Å². The molecule has 4 heterocycles. The Morgan fingerprint density at radius 1 is 1.33 bits per heavy atom. The van der Waals surface area contributed by atoms with Gasteiger partial charge in [0.15, 0.2) is 5.65 Å². The number of pyridine rings is 1. The van der Waals surface area contributed by atoms with Gasteiger partial charge in [-0.05, 0) is 12.1 Å². The van der Waals surface area contributed by atoms with Crippen molar-refractivity contribution >= 4 is 28.9 Å². The molecule has 3 aromatic heterocycles. The van der Waals surface area contributed by atoms with Gasteiger partial charge >= 0.3 is 0 Å². The van der Waals surface area contributed by atoms with Crippen LogP contribution in [0.5, 0.6) is 0 Å². The van der Waals surface area contributed by atoms with Crippen LogP contribution in [0, 0.1) is 0 Å². The maximum atomic E-state index is 12.7. The fourth-order valence-electron chi connectivity index (χ4n) is 2.91. The number of anilines is 3. The second kappa shape index (κ2) is 6.72. The quantitative estimate of drug-likeness (QED) is 0.603. The van der Waals surface area contributed by atoms with E-state index in [1.807, 2.05) is 0 Å². The summed E-state index contributed by atoms with van der Waals surface area (Å²) >= 11 is 0. The molecular formula is C17H19N7O3. The van der Waals surface area contributed by atoms with Crippen LogP contribution < -0.4 is 21.5 Å². The molecule has 1 aliphatic heterocycles. The van der Waals surface area contributed by atoms with Gasteiger partial charge in [-0.2, -0.15) is 9.61 Å². The molecule has 10 heteroatoms. The van der Waals surface area contributed by atoms with E-state index in [2.05, 4.69) is 26.0 Å². The van der Waals surface area contributed by atoms with Crippen molar-refractivity contribution in [2.45, 2.75) is 6.04 Å². The van der Waals surface area contributed by atoms with E-state index < -0.39 is 0 Å². The fourth-order valence-corrected chi connectivity index (χ4v) is 2.91. The van der Waals surface area contributed by atoms with Crippen molar-refractivity contribution in [3.63, 3.8) is 0 Å². The van der Waals surface area contributed by atoms with Crippen molar-refractivity contribution in [3.05, 3.63) is 46.5 Å². The molecule has 0 saturated carbocycles. The smallest absolute Gasteiger partial charge is 0.274 e. The Kier molecular flexibility index (Phi) is 4.24. The van der Waals surface area contributed by atoms with E-state index in [0.717, 1.165) is 0 Å². The Morgan fingerprint density at radius 2 is 2.15 bits per heavy atom. The Labute approximate surface area is 154 Å². The van der Waals surface area contributed by atoms with Crippen molar-refractivity contribution in [2.24, 2.45) is 0 Å². The van der Waals surface area contributed by atoms with E-state index in [9.17, 15) is 9.59 Å². The zero-order valence-corrected chi connectivity index (χ0v) is 14.9. The maximum Gasteiger partial charge on any atom is 0.274 e. The van der Waals surface area contributed by atoms with Crippen molar-refractivity contribution < 1.29 is 9.53 Å². The highest BCUT2D eigenvalue weighted by Gasteiger charge is 2.22. The molecule has 4 rings (SSSR count). The number of nitrogens with one attached hydrogen (secondary N) is 3. The summed E-state index contributed by atoms with van der Waals surface area (Å²) in [5, 5.41) is 12.8. The van der Waals surface area contributed by atoms with E-state index in [4.69, 9.17) is 4.74 Å². The SMILES string of the molecule is CNC(=O)c1cnn2c(NC)cc(Nc3cccn(C4COC4)c3=O)nc12. The molecule has 27 heavy (non-hydrogen) atoms. The average molecular weight is 369 g/mol. The number of hydrogen-bond acceptors (Lipinski definition) is 7. The van der Waals surface area contributed by atoms with Crippen LogP contribution >= 0.6 is 0 Å². The molecular weight excluding hydrogens is 350 g/mol. The first kappa shape index (κ1) is 17.0. The molecule has 140 valence electrons. The molecule has 0 spiro atoms. The van der Waals surface area contributed by atoms with Gasteiger partial charge in [-0.25, -0.2) is 4.98 Å². The van der Waals surface area contributed by atoms with Gasteiger partial charge in [0.05, 0.1) is 25.5 Å². The normalized spacial score (nSPS) is 14.0. The standard InChI is InChI=1S/C17H19N7O3/c1-18-14-6-13(22-15-11(16(25)19-2)7-20-24(14)15)21-12-4-3-5-23(17(12)26)10-8-27-9-10/h3-7,10,18H,8-9H2,1-2H3,(H,19,25)(H,21,22). The Balaban J connectivity index is 1.76. The van der Waals surface area contributed by atoms with Gasteiger partial charge in [-0.3, -0.25) is 9.59 Å². The van der Waals surface area contributed by atoms with Gasteiger partial charge in [-0.1, -0.05) is 0 Å². The van der Waals surface area contributed by atoms with E-state index in [1.165, 1.54) is 10.7 Å². The zero-order valence-electron chi connectivity index (χ0n) is 14.9. The lowest BCUT2D eigenvalue weighted by Crippen LogP contribution is -2.37. The number of fused-ring (bicyclic) bond motifs is 1. The molecule has 0 atom stereocenters. The lowest BCUT2D eigenvalue weighted by molar-refractivity contribution is -0.0247. The van der Waals surface area contributed by atoms with Crippen molar-refractivity contribution in [1.29, 1.82) is 0 Å². The molecule has 0 radical (unpaired) electrons. The topological polar surface area (TPSA) is 115 Å². The minimum absolute atomic E-state index is 0.0530. The number of amides is 1. The highest BCUT2D eigenvalue weighted by atomic mass is 16.5. The first-order valence-corrected chi connectivity index (χ1v) is 8.47. The molecule has 3 aromatic rings. The predicted molar refractivity (Wildman–Crippen MR) is 99.8 cm³/mol. The molecule has 1 amide bonds. The molecule has 1 saturated heterocycles. The van der Waals surface area contributed by atoms with Crippen LogP contribution in [-0.4, -0.2) is 52.4 Å². The molecule has 10 nitrogen and oxygen atoms in total. The molecule has 0 unspecified atom stereocenters. The fraction of sp³-hybridized carbons (Fsp3) is 0.294. The van der Waals surface area contributed by atoms with Crippen molar-refractivity contribution in [2.75, 3.05) is 37.9 Å². The van der Waals surface area contributed by atoms with E-state index in [1.54, 1.807) is 43.1 Å². The number of rotatable bonds is 5. The summed E-state index contributed by atoms with van der Waals surface area (Å²) < 4.78 is 8.35. The van der Waals surface area contributed by atoms with Crippen LogP contribution in [0.25, 0.3) is 5.65 Å². The highest BCUT2D eigenvalue weighted by Crippen LogP contribution is 2.21. The molecule has 3 N–H and O–H groups in total. The number of aromatic nitrogens is 4.